The maximum atomic E-state index is 12.0. The van der Waals surface area contributed by atoms with E-state index in [0.29, 0.717) is 0 Å². The summed E-state index contributed by atoms with van der Waals surface area (Å²) < 4.78 is 0. The van der Waals surface area contributed by atoms with Crippen LogP contribution in [0.15, 0.2) is 67.0 Å². The Bertz CT molecular complexity index is 1520. The predicted octanol–water partition coefficient (Wildman–Crippen LogP) is 6.86. The molecule has 0 saturated carbocycles. The number of pyridine rings is 2. The first-order chi connectivity index (χ1) is 15.2. The molecule has 31 heavy (non-hydrogen) atoms. The first kappa shape index (κ1) is 18.5. The first-order valence-corrected chi connectivity index (χ1v) is 11.0. The Kier molecular flexibility index (Phi) is 4.25. The second-order valence-electron chi connectivity index (χ2n) is 8.23. The molecule has 5 aromatic rings. The molecular weight excluding hydrogens is 404 g/mol. The number of benzene rings is 3. The van der Waals surface area contributed by atoms with Crippen molar-refractivity contribution in [2.45, 2.75) is 25.7 Å². The Morgan fingerprint density at radius 1 is 0.806 bits per heavy atom. The van der Waals surface area contributed by atoms with Crippen LogP contribution in [0.4, 0.5) is 0 Å². The van der Waals surface area contributed by atoms with Gasteiger partial charge in [0.15, 0.2) is 0 Å². The number of hydrogen-bond acceptors (Lipinski definition) is 3. The fourth-order valence-corrected chi connectivity index (χ4v) is 5.10. The third kappa shape index (κ3) is 3.00. The zero-order valence-electron chi connectivity index (χ0n) is 16.9. The van der Waals surface area contributed by atoms with E-state index >= 15 is 0 Å². The number of aryl methyl sites for hydroxylation is 2. The molecule has 0 spiro atoms. The van der Waals surface area contributed by atoms with Crippen molar-refractivity contribution in [1.29, 1.82) is 0 Å². The van der Waals surface area contributed by atoms with E-state index in [1.807, 2.05) is 6.07 Å². The molecule has 0 saturated heterocycles. The average Bonchev–Trinajstić information content (AvgIpc) is 2.82. The van der Waals surface area contributed by atoms with Crippen LogP contribution >= 0.6 is 11.6 Å². The van der Waals surface area contributed by atoms with Crippen molar-refractivity contribution in [3.63, 3.8) is 0 Å². The van der Waals surface area contributed by atoms with Crippen LogP contribution < -0.4 is 0 Å². The Hall–Kier alpha value is -3.30. The van der Waals surface area contributed by atoms with Gasteiger partial charge in [0.2, 0.25) is 0 Å². The topological polar surface area (TPSA) is 42.9 Å². The number of fused-ring (bicyclic) bond motifs is 6. The summed E-state index contributed by atoms with van der Waals surface area (Å²) in [5.41, 5.74) is 4.96. The zero-order chi connectivity index (χ0) is 20.9. The molecule has 3 aromatic carbocycles. The minimum atomic E-state index is -0.561. The average molecular weight is 423 g/mol. The van der Waals surface area contributed by atoms with E-state index in [9.17, 15) is 4.79 Å². The van der Waals surface area contributed by atoms with Gasteiger partial charge in [-0.1, -0.05) is 36.4 Å². The molecule has 0 bridgehead atoms. The molecule has 0 N–H and O–H groups in total. The quantitative estimate of drug-likeness (QED) is 0.230. The minimum Gasteiger partial charge on any atom is -0.274 e. The molecule has 2 aromatic heterocycles. The van der Waals surface area contributed by atoms with Crippen molar-refractivity contribution in [2.24, 2.45) is 0 Å². The van der Waals surface area contributed by atoms with Crippen LogP contribution in [0, 0.1) is 0 Å². The van der Waals surface area contributed by atoms with Crippen LogP contribution in [0.25, 0.3) is 43.6 Å². The third-order valence-electron chi connectivity index (χ3n) is 6.46. The van der Waals surface area contributed by atoms with Crippen molar-refractivity contribution >= 4 is 49.2 Å². The Morgan fingerprint density at radius 2 is 1.65 bits per heavy atom. The Balaban J connectivity index is 1.55. The smallest absolute Gasteiger partial charge is 0.271 e. The molecule has 0 aliphatic heterocycles. The molecule has 0 unspecified atom stereocenters. The van der Waals surface area contributed by atoms with E-state index in [1.165, 1.54) is 53.0 Å². The number of nitrogens with zero attached hydrogens (tertiary/aromatic N) is 2. The largest absolute Gasteiger partial charge is 0.274 e. The van der Waals surface area contributed by atoms with E-state index in [2.05, 4.69) is 52.4 Å². The van der Waals surface area contributed by atoms with Gasteiger partial charge in [-0.3, -0.25) is 9.78 Å². The van der Waals surface area contributed by atoms with Crippen molar-refractivity contribution in [1.82, 2.24) is 9.97 Å². The Morgan fingerprint density at radius 3 is 2.55 bits per heavy atom. The van der Waals surface area contributed by atoms with Crippen molar-refractivity contribution in [3.05, 3.63) is 83.8 Å². The lowest BCUT2D eigenvalue weighted by molar-refractivity contribution is 0.107. The number of aromatic nitrogens is 2. The number of carbonyl (C=O) groups is 1. The summed E-state index contributed by atoms with van der Waals surface area (Å²) in [6.07, 6.45) is 8.30. The summed E-state index contributed by atoms with van der Waals surface area (Å²) in [4.78, 5) is 20.8. The van der Waals surface area contributed by atoms with Crippen molar-refractivity contribution in [2.75, 3.05) is 0 Å². The SMILES string of the molecule is O=C(Cl)c1nc(-c2ccc3c(ccc4c5c(ccc43)CCCC5)c2)cc2cnccc12. The molecule has 150 valence electrons. The molecule has 0 atom stereocenters. The van der Waals surface area contributed by atoms with Crippen LogP contribution in [-0.2, 0) is 12.8 Å². The van der Waals surface area contributed by atoms with Crippen LogP contribution in [0.2, 0.25) is 0 Å². The summed E-state index contributed by atoms with van der Waals surface area (Å²) in [7, 11) is 0. The van der Waals surface area contributed by atoms with Gasteiger partial charge in [0.05, 0.1) is 5.69 Å². The van der Waals surface area contributed by atoms with E-state index in [4.69, 9.17) is 11.6 Å². The van der Waals surface area contributed by atoms with Crippen LogP contribution in [0.5, 0.6) is 0 Å². The molecule has 3 nitrogen and oxygen atoms in total. The number of rotatable bonds is 2. The predicted molar refractivity (Wildman–Crippen MR) is 127 cm³/mol. The zero-order valence-corrected chi connectivity index (χ0v) is 17.6. The molecule has 2 heterocycles. The third-order valence-corrected chi connectivity index (χ3v) is 6.64. The van der Waals surface area contributed by atoms with Crippen molar-refractivity contribution < 1.29 is 4.79 Å². The maximum Gasteiger partial charge on any atom is 0.271 e. The fraction of sp³-hybridized carbons (Fsp3) is 0.148. The standard InChI is InChI=1S/C27H19ClN2O/c28-27(31)26-22-11-12-29-15-19(22)14-25(30-26)18-7-8-21-17(13-18)6-10-23-20-4-2-1-3-16(20)5-9-24(21)23/h5-15H,1-4H2. The lowest BCUT2D eigenvalue weighted by Crippen LogP contribution is -2.03. The monoisotopic (exact) mass is 422 g/mol. The van der Waals surface area contributed by atoms with Crippen LogP contribution in [-0.4, -0.2) is 15.2 Å². The van der Waals surface area contributed by atoms with Crippen molar-refractivity contribution in [3.8, 4) is 11.3 Å². The van der Waals surface area contributed by atoms with Gasteiger partial charge >= 0.3 is 0 Å². The van der Waals surface area contributed by atoms with E-state index in [0.717, 1.165) is 27.4 Å². The summed E-state index contributed by atoms with van der Waals surface area (Å²) in [5, 5.41) is 6.09. The lowest BCUT2D eigenvalue weighted by Gasteiger charge is -2.19. The van der Waals surface area contributed by atoms with Gasteiger partial charge in [0, 0.05) is 28.7 Å². The molecule has 1 aliphatic carbocycles. The van der Waals surface area contributed by atoms with E-state index in [1.54, 1.807) is 18.5 Å². The van der Waals surface area contributed by atoms with Gasteiger partial charge in [0.25, 0.3) is 5.24 Å². The van der Waals surface area contributed by atoms with Crippen LogP contribution in [0.1, 0.15) is 34.5 Å². The number of halogens is 1. The van der Waals surface area contributed by atoms with Gasteiger partial charge in [-0.2, -0.15) is 0 Å². The van der Waals surface area contributed by atoms with Gasteiger partial charge in [-0.05, 0) is 88.2 Å². The fourth-order valence-electron chi connectivity index (χ4n) is 4.96. The normalized spacial score (nSPS) is 13.6. The molecule has 6 rings (SSSR count). The molecule has 0 amide bonds. The van der Waals surface area contributed by atoms with Gasteiger partial charge in [0.1, 0.15) is 5.69 Å². The molecule has 0 fully saturated rings. The first-order valence-electron chi connectivity index (χ1n) is 10.6. The van der Waals surface area contributed by atoms with Gasteiger partial charge in [-0.15, -0.1) is 0 Å². The van der Waals surface area contributed by atoms with Gasteiger partial charge < -0.3 is 0 Å². The molecule has 1 aliphatic rings. The molecular formula is C27H19ClN2O. The highest BCUT2D eigenvalue weighted by molar-refractivity contribution is 6.68. The lowest BCUT2D eigenvalue weighted by atomic mass is 9.86. The van der Waals surface area contributed by atoms with E-state index in [-0.39, 0.29) is 5.69 Å². The number of carbonyl (C=O) groups excluding carboxylic acids is 1. The number of hydrogen-bond donors (Lipinski definition) is 0. The molecule has 0 radical (unpaired) electrons. The summed E-state index contributed by atoms with van der Waals surface area (Å²) in [5.74, 6) is 0. The van der Waals surface area contributed by atoms with E-state index < -0.39 is 5.24 Å². The second kappa shape index (κ2) is 7.14. The second-order valence-corrected chi connectivity index (χ2v) is 8.58. The highest BCUT2D eigenvalue weighted by atomic mass is 35.5. The summed E-state index contributed by atoms with van der Waals surface area (Å²) >= 11 is 5.84. The van der Waals surface area contributed by atoms with Crippen LogP contribution in [0.3, 0.4) is 0 Å². The summed E-state index contributed by atoms with van der Waals surface area (Å²) in [6, 6.07) is 19.2. The highest BCUT2D eigenvalue weighted by Crippen LogP contribution is 2.35. The van der Waals surface area contributed by atoms with Gasteiger partial charge in [-0.25, -0.2) is 4.98 Å². The maximum absolute atomic E-state index is 12.0. The highest BCUT2D eigenvalue weighted by Gasteiger charge is 2.15. The molecule has 4 heteroatoms. The Labute approximate surface area is 184 Å². The summed E-state index contributed by atoms with van der Waals surface area (Å²) in [6.45, 7) is 0. The minimum absolute atomic E-state index is 0.266.